The second kappa shape index (κ2) is 8.96. The SMILES string of the molecule is CCCCCCCCCC(O)c1sccc1Cl. The molecule has 1 aromatic rings. The van der Waals surface area contributed by atoms with Gasteiger partial charge >= 0.3 is 0 Å². The molecule has 1 aromatic heterocycles. The number of thiophene rings is 1. The molecule has 1 heterocycles. The zero-order valence-corrected chi connectivity index (χ0v) is 12.2. The number of hydrogen-bond donors (Lipinski definition) is 1. The van der Waals surface area contributed by atoms with Crippen molar-refractivity contribution in [2.75, 3.05) is 0 Å². The average Bonchev–Trinajstić information content (AvgIpc) is 2.74. The summed E-state index contributed by atoms with van der Waals surface area (Å²) < 4.78 is 0. The highest BCUT2D eigenvalue weighted by molar-refractivity contribution is 7.10. The highest BCUT2D eigenvalue weighted by Crippen LogP contribution is 2.31. The minimum absolute atomic E-state index is 0.363. The van der Waals surface area contributed by atoms with E-state index in [1.165, 1.54) is 38.5 Å². The Balaban J connectivity index is 2.05. The monoisotopic (exact) mass is 274 g/mol. The lowest BCUT2D eigenvalue weighted by molar-refractivity contribution is 0.167. The molecule has 1 unspecified atom stereocenters. The smallest absolute Gasteiger partial charge is 0.0896 e. The summed E-state index contributed by atoms with van der Waals surface area (Å²) in [5.74, 6) is 0. The van der Waals surface area contributed by atoms with E-state index in [2.05, 4.69) is 6.92 Å². The van der Waals surface area contributed by atoms with E-state index in [9.17, 15) is 5.11 Å². The van der Waals surface area contributed by atoms with Crippen molar-refractivity contribution in [2.45, 2.75) is 64.4 Å². The van der Waals surface area contributed by atoms with E-state index in [4.69, 9.17) is 11.6 Å². The van der Waals surface area contributed by atoms with Crippen LogP contribution >= 0.6 is 22.9 Å². The van der Waals surface area contributed by atoms with Crippen LogP contribution in [0.5, 0.6) is 0 Å². The van der Waals surface area contributed by atoms with E-state index in [0.29, 0.717) is 5.02 Å². The van der Waals surface area contributed by atoms with Crippen molar-refractivity contribution in [3.05, 3.63) is 21.3 Å². The van der Waals surface area contributed by atoms with Crippen molar-refractivity contribution in [1.29, 1.82) is 0 Å². The fourth-order valence-electron chi connectivity index (χ4n) is 1.97. The van der Waals surface area contributed by atoms with Crippen LogP contribution in [0.3, 0.4) is 0 Å². The van der Waals surface area contributed by atoms with Crippen LogP contribution in [0.1, 0.15) is 69.3 Å². The quantitative estimate of drug-likeness (QED) is 0.583. The minimum Gasteiger partial charge on any atom is -0.388 e. The lowest BCUT2D eigenvalue weighted by Gasteiger charge is -2.09. The highest BCUT2D eigenvalue weighted by Gasteiger charge is 2.12. The fourth-order valence-corrected chi connectivity index (χ4v) is 3.17. The maximum absolute atomic E-state index is 9.96. The van der Waals surface area contributed by atoms with Gasteiger partial charge in [-0.25, -0.2) is 0 Å². The molecule has 17 heavy (non-hydrogen) atoms. The molecule has 0 saturated carbocycles. The van der Waals surface area contributed by atoms with Crippen LogP contribution in [0.2, 0.25) is 5.02 Å². The molecular weight excluding hydrogens is 252 g/mol. The Hall–Kier alpha value is -0.0500. The van der Waals surface area contributed by atoms with E-state index in [-0.39, 0.29) is 6.10 Å². The van der Waals surface area contributed by atoms with Crippen molar-refractivity contribution in [3.63, 3.8) is 0 Å². The molecule has 0 aliphatic carbocycles. The van der Waals surface area contributed by atoms with Gasteiger partial charge in [0.2, 0.25) is 0 Å². The first-order chi connectivity index (χ1) is 8.25. The zero-order chi connectivity index (χ0) is 12.5. The van der Waals surface area contributed by atoms with Crippen LogP contribution in [0.25, 0.3) is 0 Å². The first-order valence-electron chi connectivity index (χ1n) is 6.66. The summed E-state index contributed by atoms with van der Waals surface area (Å²) in [7, 11) is 0. The second-order valence-electron chi connectivity index (χ2n) is 4.56. The Labute approximate surface area is 114 Å². The Kier molecular flexibility index (Phi) is 7.91. The van der Waals surface area contributed by atoms with Crippen molar-refractivity contribution >= 4 is 22.9 Å². The summed E-state index contributed by atoms with van der Waals surface area (Å²) in [6.45, 7) is 2.24. The van der Waals surface area contributed by atoms with Crippen molar-refractivity contribution < 1.29 is 5.11 Å². The summed E-state index contributed by atoms with van der Waals surface area (Å²) in [4.78, 5) is 0.928. The molecule has 0 spiro atoms. The molecule has 0 bridgehead atoms. The summed E-state index contributed by atoms with van der Waals surface area (Å²) in [6, 6.07) is 1.86. The van der Waals surface area contributed by atoms with Crippen LogP contribution in [0.4, 0.5) is 0 Å². The standard InChI is InChI=1S/C14H23ClOS/c1-2-3-4-5-6-7-8-9-13(16)14-12(15)10-11-17-14/h10-11,13,16H,2-9H2,1H3. The zero-order valence-electron chi connectivity index (χ0n) is 10.6. The van der Waals surface area contributed by atoms with Crippen LogP contribution in [-0.2, 0) is 0 Å². The van der Waals surface area contributed by atoms with Crippen molar-refractivity contribution in [2.24, 2.45) is 0 Å². The van der Waals surface area contributed by atoms with Gasteiger partial charge in [0.25, 0.3) is 0 Å². The van der Waals surface area contributed by atoms with Crippen molar-refractivity contribution in [3.8, 4) is 0 Å². The third-order valence-electron chi connectivity index (χ3n) is 3.03. The van der Waals surface area contributed by atoms with Gasteiger partial charge in [-0.05, 0) is 17.9 Å². The van der Waals surface area contributed by atoms with Gasteiger partial charge in [-0.2, -0.15) is 0 Å². The predicted octanol–water partition coefficient (Wildman–Crippen LogP) is 5.58. The lowest BCUT2D eigenvalue weighted by atomic mass is 10.1. The molecule has 0 saturated heterocycles. The van der Waals surface area contributed by atoms with Gasteiger partial charge in [0.05, 0.1) is 16.0 Å². The normalized spacial score (nSPS) is 12.9. The Morgan fingerprint density at radius 3 is 2.41 bits per heavy atom. The highest BCUT2D eigenvalue weighted by atomic mass is 35.5. The van der Waals surface area contributed by atoms with Crippen LogP contribution in [-0.4, -0.2) is 5.11 Å². The van der Waals surface area contributed by atoms with E-state index >= 15 is 0 Å². The minimum atomic E-state index is -0.363. The van der Waals surface area contributed by atoms with Gasteiger partial charge in [-0.1, -0.05) is 63.5 Å². The average molecular weight is 275 g/mol. The third kappa shape index (κ3) is 5.89. The Morgan fingerprint density at radius 1 is 1.18 bits per heavy atom. The molecule has 1 rings (SSSR count). The summed E-state index contributed by atoms with van der Waals surface area (Å²) >= 11 is 7.53. The number of rotatable bonds is 9. The van der Waals surface area contributed by atoms with E-state index in [1.54, 1.807) is 11.3 Å². The summed E-state index contributed by atoms with van der Waals surface area (Å²) in [6.07, 6.45) is 9.45. The first-order valence-corrected chi connectivity index (χ1v) is 7.92. The lowest BCUT2D eigenvalue weighted by Crippen LogP contribution is -1.95. The predicted molar refractivity (Wildman–Crippen MR) is 76.9 cm³/mol. The maximum Gasteiger partial charge on any atom is 0.0896 e. The molecular formula is C14H23ClOS. The molecule has 0 aromatic carbocycles. The molecule has 0 fully saturated rings. The van der Waals surface area contributed by atoms with Crippen LogP contribution in [0.15, 0.2) is 11.4 Å². The Bertz CT molecular complexity index is 298. The van der Waals surface area contributed by atoms with Gasteiger partial charge < -0.3 is 5.11 Å². The number of hydrogen-bond acceptors (Lipinski definition) is 2. The van der Waals surface area contributed by atoms with Gasteiger partial charge in [0, 0.05) is 0 Å². The van der Waals surface area contributed by atoms with Gasteiger partial charge in [0.1, 0.15) is 0 Å². The van der Waals surface area contributed by atoms with Crippen LogP contribution < -0.4 is 0 Å². The first kappa shape index (κ1) is 15.0. The molecule has 0 aliphatic rings. The van der Waals surface area contributed by atoms with Crippen LogP contribution in [0, 0.1) is 0 Å². The van der Waals surface area contributed by atoms with E-state index in [0.717, 1.165) is 17.7 Å². The van der Waals surface area contributed by atoms with Gasteiger partial charge in [-0.15, -0.1) is 11.3 Å². The third-order valence-corrected chi connectivity index (χ3v) is 4.49. The summed E-state index contributed by atoms with van der Waals surface area (Å²) in [5, 5.41) is 12.6. The number of aliphatic hydroxyl groups is 1. The van der Waals surface area contributed by atoms with Gasteiger partial charge in [0.15, 0.2) is 0 Å². The topological polar surface area (TPSA) is 20.2 Å². The number of unbranched alkanes of at least 4 members (excludes halogenated alkanes) is 6. The Morgan fingerprint density at radius 2 is 1.82 bits per heavy atom. The fraction of sp³-hybridized carbons (Fsp3) is 0.714. The molecule has 1 nitrogen and oxygen atoms in total. The van der Waals surface area contributed by atoms with E-state index < -0.39 is 0 Å². The molecule has 0 radical (unpaired) electrons. The number of aliphatic hydroxyl groups excluding tert-OH is 1. The second-order valence-corrected chi connectivity index (χ2v) is 5.91. The molecule has 1 atom stereocenters. The number of halogens is 1. The molecule has 1 N–H and O–H groups in total. The molecule has 3 heteroatoms. The molecule has 0 aliphatic heterocycles. The van der Waals surface area contributed by atoms with E-state index in [1.807, 2.05) is 11.4 Å². The summed E-state index contributed by atoms with van der Waals surface area (Å²) in [5.41, 5.74) is 0. The van der Waals surface area contributed by atoms with Crippen molar-refractivity contribution in [1.82, 2.24) is 0 Å². The molecule has 98 valence electrons. The maximum atomic E-state index is 9.96. The molecule has 0 amide bonds. The van der Waals surface area contributed by atoms with Gasteiger partial charge in [-0.3, -0.25) is 0 Å². The largest absolute Gasteiger partial charge is 0.388 e.